The molecule has 1 aliphatic rings. The van der Waals surface area contributed by atoms with Crippen LogP contribution >= 0.6 is 15.9 Å². The van der Waals surface area contributed by atoms with Crippen molar-refractivity contribution in [3.63, 3.8) is 0 Å². The normalized spacial score (nSPS) is 16.1. The number of benzene rings is 1. The quantitative estimate of drug-likeness (QED) is 0.905. The second kappa shape index (κ2) is 5.54. The molecule has 3 rings (SSSR count). The van der Waals surface area contributed by atoms with E-state index in [4.69, 9.17) is 9.26 Å². The van der Waals surface area contributed by atoms with E-state index < -0.39 is 6.10 Å². The van der Waals surface area contributed by atoms with E-state index in [0.29, 0.717) is 17.6 Å². The monoisotopic (exact) mass is 338 g/mol. The van der Waals surface area contributed by atoms with Crippen LogP contribution in [0.1, 0.15) is 49.1 Å². The molecule has 0 aliphatic heterocycles. The van der Waals surface area contributed by atoms with Gasteiger partial charge in [-0.15, -0.1) is 0 Å². The van der Waals surface area contributed by atoms with Gasteiger partial charge < -0.3 is 14.4 Å². The maximum Gasteiger partial charge on any atom is 0.264 e. The molecular weight excluding hydrogens is 324 g/mol. The molecule has 1 fully saturated rings. The van der Waals surface area contributed by atoms with E-state index in [1.165, 1.54) is 0 Å². The summed E-state index contributed by atoms with van der Waals surface area (Å²) in [5.41, 5.74) is 0.732. The number of aromatic nitrogens is 2. The van der Waals surface area contributed by atoms with Crippen LogP contribution in [0.3, 0.4) is 0 Å². The number of halogens is 1. The van der Waals surface area contributed by atoms with Crippen molar-refractivity contribution < 1.29 is 14.4 Å². The molecule has 1 atom stereocenters. The molecule has 6 heteroatoms. The van der Waals surface area contributed by atoms with Gasteiger partial charge in [-0.1, -0.05) is 27.2 Å². The van der Waals surface area contributed by atoms with Gasteiger partial charge in [0.1, 0.15) is 5.75 Å². The van der Waals surface area contributed by atoms with Gasteiger partial charge >= 0.3 is 0 Å². The summed E-state index contributed by atoms with van der Waals surface area (Å²) in [4.78, 5) is 4.31. The molecular formula is C14H15BrN2O3. The first-order valence-electron chi connectivity index (χ1n) is 6.56. The van der Waals surface area contributed by atoms with Crippen LogP contribution in [-0.2, 0) is 6.61 Å². The molecule has 106 valence electrons. The molecule has 1 saturated carbocycles. The molecule has 1 unspecified atom stereocenters. The maximum atomic E-state index is 9.73. The van der Waals surface area contributed by atoms with Crippen molar-refractivity contribution in [2.45, 2.75) is 38.4 Å². The van der Waals surface area contributed by atoms with Gasteiger partial charge in [0, 0.05) is 16.0 Å². The molecule has 0 radical (unpaired) electrons. The lowest BCUT2D eigenvalue weighted by molar-refractivity contribution is 0.185. The van der Waals surface area contributed by atoms with Crippen LogP contribution < -0.4 is 4.74 Å². The molecule has 20 heavy (non-hydrogen) atoms. The number of rotatable bonds is 5. The van der Waals surface area contributed by atoms with E-state index in [1.54, 1.807) is 6.92 Å². The average molecular weight is 339 g/mol. The van der Waals surface area contributed by atoms with Crippen LogP contribution in [0.2, 0.25) is 0 Å². The van der Waals surface area contributed by atoms with Gasteiger partial charge in [0.2, 0.25) is 0 Å². The number of nitrogens with zero attached hydrogens (tertiary/aromatic N) is 2. The second-order valence-electron chi connectivity index (χ2n) is 4.97. The van der Waals surface area contributed by atoms with E-state index in [-0.39, 0.29) is 6.61 Å². The van der Waals surface area contributed by atoms with Gasteiger partial charge in [-0.05, 0) is 31.9 Å². The summed E-state index contributed by atoms with van der Waals surface area (Å²) in [6.07, 6.45) is 1.68. The van der Waals surface area contributed by atoms with E-state index >= 15 is 0 Å². The van der Waals surface area contributed by atoms with E-state index in [2.05, 4.69) is 26.1 Å². The molecule has 1 N–H and O–H groups in total. The molecule has 1 heterocycles. The summed E-state index contributed by atoms with van der Waals surface area (Å²) in [6, 6.07) is 5.51. The fourth-order valence-corrected chi connectivity index (χ4v) is 2.29. The minimum absolute atomic E-state index is 0.204. The van der Waals surface area contributed by atoms with Crippen molar-refractivity contribution in [1.82, 2.24) is 10.1 Å². The van der Waals surface area contributed by atoms with Crippen molar-refractivity contribution in [1.29, 1.82) is 0 Å². The summed E-state index contributed by atoms with van der Waals surface area (Å²) >= 11 is 3.39. The highest BCUT2D eigenvalue weighted by molar-refractivity contribution is 9.10. The minimum atomic E-state index is -0.595. The standard InChI is InChI=1S/C14H15BrN2O3/c1-8(18)11-5-4-10(15)6-12(11)19-7-13-16-14(17-20-13)9-2-3-9/h4-6,8-9,18H,2-3,7H2,1H3. The van der Waals surface area contributed by atoms with Gasteiger partial charge in [-0.2, -0.15) is 4.98 Å². The Morgan fingerprint density at radius 1 is 1.50 bits per heavy atom. The highest BCUT2D eigenvalue weighted by Gasteiger charge is 2.28. The average Bonchev–Trinajstić information content (AvgIpc) is 3.15. The first-order chi connectivity index (χ1) is 9.63. The van der Waals surface area contributed by atoms with Crippen molar-refractivity contribution in [3.8, 4) is 5.75 Å². The lowest BCUT2D eigenvalue weighted by Crippen LogP contribution is -2.01. The molecule has 1 aliphatic carbocycles. The van der Waals surface area contributed by atoms with Crippen LogP contribution in [-0.4, -0.2) is 15.2 Å². The third-order valence-electron chi connectivity index (χ3n) is 3.20. The lowest BCUT2D eigenvalue weighted by atomic mass is 10.1. The van der Waals surface area contributed by atoms with Crippen LogP contribution in [0.15, 0.2) is 27.2 Å². The zero-order valence-electron chi connectivity index (χ0n) is 11.0. The first-order valence-corrected chi connectivity index (χ1v) is 7.35. The Morgan fingerprint density at radius 2 is 2.30 bits per heavy atom. The molecule has 0 spiro atoms. The number of hydrogen-bond acceptors (Lipinski definition) is 5. The van der Waals surface area contributed by atoms with Gasteiger partial charge in [-0.25, -0.2) is 0 Å². The molecule has 0 saturated heterocycles. The Labute approximate surface area is 125 Å². The third-order valence-corrected chi connectivity index (χ3v) is 3.70. The molecule has 1 aromatic heterocycles. The van der Waals surface area contributed by atoms with E-state index in [0.717, 1.165) is 28.7 Å². The van der Waals surface area contributed by atoms with Gasteiger partial charge in [0.25, 0.3) is 5.89 Å². The van der Waals surface area contributed by atoms with Crippen molar-refractivity contribution in [2.75, 3.05) is 0 Å². The maximum absolute atomic E-state index is 9.73. The summed E-state index contributed by atoms with van der Waals surface area (Å²) < 4.78 is 11.7. The zero-order valence-corrected chi connectivity index (χ0v) is 12.6. The van der Waals surface area contributed by atoms with Gasteiger partial charge in [0.05, 0.1) is 6.10 Å². The highest BCUT2D eigenvalue weighted by Crippen LogP contribution is 2.38. The van der Waals surface area contributed by atoms with E-state index in [9.17, 15) is 5.11 Å². The minimum Gasteiger partial charge on any atom is -0.483 e. The first kappa shape index (κ1) is 13.6. The van der Waals surface area contributed by atoms with Gasteiger partial charge in [0.15, 0.2) is 12.4 Å². The topological polar surface area (TPSA) is 68.4 Å². The highest BCUT2D eigenvalue weighted by atomic mass is 79.9. The van der Waals surface area contributed by atoms with Crippen molar-refractivity contribution in [3.05, 3.63) is 40.0 Å². The fourth-order valence-electron chi connectivity index (χ4n) is 1.95. The van der Waals surface area contributed by atoms with Crippen LogP contribution in [0.4, 0.5) is 0 Å². The molecule has 5 nitrogen and oxygen atoms in total. The molecule has 0 amide bonds. The number of aliphatic hydroxyl groups is 1. The Balaban J connectivity index is 1.71. The Bertz CT molecular complexity index is 608. The van der Waals surface area contributed by atoms with Gasteiger partial charge in [-0.3, -0.25) is 0 Å². The van der Waals surface area contributed by atoms with Crippen molar-refractivity contribution in [2.24, 2.45) is 0 Å². The summed E-state index contributed by atoms with van der Waals surface area (Å²) in [5.74, 6) is 2.31. The Hall–Kier alpha value is -1.40. The van der Waals surface area contributed by atoms with Crippen LogP contribution in [0.25, 0.3) is 0 Å². The Kier molecular flexibility index (Phi) is 3.76. The number of aliphatic hydroxyl groups excluding tert-OH is 1. The largest absolute Gasteiger partial charge is 0.483 e. The third kappa shape index (κ3) is 3.02. The van der Waals surface area contributed by atoms with Crippen molar-refractivity contribution >= 4 is 15.9 Å². The second-order valence-corrected chi connectivity index (χ2v) is 5.88. The predicted molar refractivity (Wildman–Crippen MR) is 75.4 cm³/mol. The number of ether oxygens (including phenoxy) is 1. The summed E-state index contributed by atoms with van der Waals surface area (Å²) in [7, 11) is 0. The SMILES string of the molecule is CC(O)c1ccc(Br)cc1OCc1nc(C2CC2)no1. The van der Waals surface area contributed by atoms with Crippen LogP contribution in [0.5, 0.6) is 5.75 Å². The van der Waals surface area contributed by atoms with E-state index in [1.807, 2.05) is 18.2 Å². The zero-order chi connectivity index (χ0) is 14.1. The Morgan fingerprint density at radius 3 is 3.00 bits per heavy atom. The fraction of sp³-hybridized carbons (Fsp3) is 0.429. The number of hydrogen-bond donors (Lipinski definition) is 1. The summed E-state index contributed by atoms with van der Waals surface area (Å²) in [5, 5.41) is 13.7. The predicted octanol–water partition coefficient (Wildman–Crippen LogP) is 3.34. The molecule has 2 aromatic rings. The van der Waals surface area contributed by atoms with Crippen LogP contribution in [0, 0.1) is 0 Å². The summed E-state index contributed by atoms with van der Waals surface area (Å²) in [6.45, 7) is 1.91. The lowest BCUT2D eigenvalue weighted by Gasteiger charge is -2.12. The smallest absolute Gasteiger partial charge is 0.264 e. The molecule has 1 aromatic carbocycles. The molecule has 0 bridgehead atoms.